The Kier molecular flexibility index (Phi) is 6.64. The molecule has 3 rings (SSSR count). The third kappa shape index (κ3) is 4.75. The van der Waals surface area contributed by atoms with Crippen molar-refractivity contribution < 1.29 is 9.84 Å². The molecule has 0 radical (unpaired) electrons. The van der Waals surface area contributed by atoms with Gasteiger partial charge in [0, 0.05) is 17.4 Å². The average Bonchev–Trinajstić information content (AvgIpc) is 2.65. The second kappa shape index (κ2) is 8.78. The van der Waals surface area contributed by atoms with Gasteiger partial charge in [-0.25, -0.2) is 0 Å². The number of aryl methyl sites for hydroxylation is 1. The molecule has 1 aliphatic rings. The Morgan fingerprint density at radius 1 is 1.15 bits per heavy atom. The van der Waals surface area contributed by atoms with Crippen LogP contribution in [0.3, 0.4) is 0 Å². The van der Waals surface area contributed by atoms with Crippen LogP contribution >= 0.6 is 12.6 Å². The summed E-state index contributed by atoms with van der Waals surface area (Å²) in [5, 5.41) is 11.7. The number of rotatable bonds is 6. The summed E-state index contributed by atoms with van der Waals surface area (Å²) in [6.07, 6.45) is 2.57. The molecule has 4 heteroatoms. The van der Waals surface area contributed by atoms with E-state index >= 15 is 0 Å². The van der Waals surface area contributed by atoms with E-state index in [1.165, 1.54) is 5.56 Å². The Labute approximate surface area is 168 Å². The zero-order chi connectivity index (χ0) is 19.4. The lowest BCUT2D eigenvalue weighted by atomic mass is 9.70. The van der Waals surface area contributed by atoms with E-state index < -0.39 is 5.60 Å². The van der Waals surface area contributed by atoms with Crippen molar-refractivity contribution in [3.05, 3.63) is 65.2 Å². The maximum absolute atomic E-state index is 11.7. The van der Waals surface area contributed by atoms with Crippen LogP contribution in [0, 0.1) is 12.8 Å². The van der Waals surface area contributed by atoms with Crippen molar-refractivity contribution in [1.29, 1.82) is 0 Å². The lowest BCUT2D eigenvalue weighted by Crippen LogP contribution is -2.47. The van der Waals surface area contributed by atoms with Crippen LogP contribution in [0.1, 0.15) is 36.0 Å². The van der Waals surface area contributed by atoms with Crippen molar-refractivity contribution in [2.24, 2.45) is 5.92 Å². The van der Waals surface area contributed by atoms with Gasteiger partial charge in [0.1, 0.15) is 0 Å². The highest BCUT2D eigenvalue weighted by Crippen LogP contribution is 2.45. The first-order valence-corrected chi connectivity index (χ1v) is 10.2. The van der Waals surface area contributed by atoms with E-state index in [1.807, 2.05) is 43.3 Å². The normalized spacial score (nSPS) is 25.7. The minimum atomic E-state index is -0.861. The van der Waals surface area contributed by atoms with E-state index in [9.17, 15) is 5.11 Å². The van der Waals surface area contributed by atoms with E-state index in [4.69, 9.17) is 17.4 Å². The molecule has 0 spiro atoms. The Bertz CT molecular complexity index is 749. The third-order valence-electron chi connectivity index (χ3n) is 5.69. The third-order valence-corrected chi connectivity index (χ3v) is 6.28. The van der Waals surface area contributed by atoms with Crippen LogP contribution in [0.5, 0.6) is 0 Å². The molecule has 146 valence electrons. The summed E-state index contributed by atoms with van der Waals surface area (Å²) in [6.45, 7) is 3.49. The monoisotopic (exact) mass is 385 g/mol. The summed E-state index contributed by atoms with van der Waals surface area (Å²) in [4.78, 5) is 3.07. The zero-order valence-corrected chi connectivity index (χ0v) is 17.5. The molecule has 0 aromatic heterocycles. The van der Waals surface area contributed by atoms with Gasteiger partial charge in [0.2, 0.25) is 0 Å². The highest BCUT2D eigenvalue weighted by atomic mass is 32.1. The van der Waals surface area contributed by atoms with Crippen LogP contribution in [-0.2, 0) is 16.9 Å². The number of benzene rings is 2. The first kappa shape index (κ1) is 20.4. The van der Waals surface area contributed by atoms with Gasteiger partial charge >= 0.3 is 0 Å². The number of hydrogen-bond acceptors (Lipinski definition) is 4. The minimum absolute atomic E-state index is 0.106. The zero-order valence-electron chi connectivity index (χ0n) is 16.6. The number of hydrogen-bond donors (Lipinski definition) is 2. The van der Waals surface area contributed by atoms with Crippen molar-refractivity contribution >= 4 is 12.6 Å². The van der Waals surface area contributed by atoms with Crippen LogP contribution in [0.4, 0.5) is 0 Å². The van der Waals surface area contributed by atoms with E-state index in [0.717, 1.165) is 35.4 Å². The maximum Gasteiger partial charge on any atom is 0.0949 e. The van der Waals surface area contributed by atoms with Crippen molar-refractivity contribution in [2.75, 3.05) is 20.6 Å². The molecule has 0 unspecified atom stereocenters. The molecular formula is C23H31NO2S. The molecule has 1 fully saturated rings. The molecule has 3 atom stereocenters. The fraction of sp³-hybridized carbons (Fsp3) is 0.478. The predicted octanol–water partition coefficient (Wildman–Crippen LogP) is 4.42. The molecular weight excluding hydrogens is 354 g/mol. The molecule has 0 heterocycles. The number of nitrogens with zero attached hydrogens (tertiary/aromatic N) is 1. The minimum Gasteiger partial charge on any atom is -0.385 e. The van der Waals surface area contributed by atoms with Gasteiger partial charge in [-0.2, -0.15) is 0 Å². The van der Waals surface area contributed by atoms with Gasteiger partial charge in [-0.3, -0.25) is 0 Å². The van der Waals surface area contributed by atoms with Gasteiger partial charge in [-0.1, -0.05) is 48.5 Å². The quantitative estimate of drug-likeness (QED) is 0.722. The van der Waals surface area contributed by atoms with Gasteiger partial charge in [0.15, 0.2) is 0 Å². The number of ether oxygens (including phenoxy) is 1. The Morgan fingerprint density at radius 2 is 1.89 bits per heavy atom. The summed E-state index contributed by atoms with van der Waals surface area (Å²) in [7, 11) is 4.12. The van der Waals surface area contributed by atoms with Gasteiger partial charge in [-0.15, -0.1) is 12.6 Å². The van der Waals surface area contributed by atoms with Crippen LogP contribution < -0.4 is 0 Å². The van der Waals surface area contributed by atoms with Gasteiger partial charge in [-0.05, 0) is 57.0 Å². The summed E-state index contributed by atoms with van der Waals surface area (Å²) in [5.41, 5.74) is 2.40. The predicted molar refractivity (Wildman–Crippen MR) is 113 cm³/mol. The topological polar surface area (TPSA) is 32.7 Å². The summed E-state index contributed by atoms with van der Waals surface area (Å²) >= 11 is 4.71. The molecule has 0 bridgehead atoms. The van der Waals surface area contributed by atoms with Crippen LogP contribution in [0.25, 0.3) is 0 Å². The average molecular weight is 386 g/mol. The molecule has 1 aliphatic carbocycles. The van der Waals surface area contributed by atoms with E-state index in [2.05, 4.69) is 31.1 Å². The summed E-state index contributed by atoms with van der Waals surface area (Å²) in [6, 6.07) is 16.4. The molecule has 27 heavy (non-hydrogen) atoms. The Morgan fingerprint density at radius 3 is 2.59 bits per heavy atom. The second-order valence-corrected chi connectivity index (χ2v) is 8.49. The molecule has 0 aliphatic heterocycles. The molecule has 1 N–H and O–H groups in total. The van der Waals surface area contributed by atoms with Crippen LogP contribution in [0.2, 0.25) is 0 Å². The standard InChI is InChI=1S/C23H31NO2S/c1-17-8-7-11-21(22(17)27)23(25)13-12-20(14-19(23)15-24(2)3)26-16-18-9-5-4-6-10-18/h4-11,19-20,25,27H,12-16H2,1-3H3/t19-,20+,23-/m0/s1. The highest BCUT2D eigenvalue weighted by Gasteiger charge is 2.44. The Balaban J connectivity index is 1.77. The summed E-state index contributed by atoms with van der Waals surface area (Å²) in [5.74, 6) is 0.106. The SMILES string of the molecule is Cc1cccc([C@]2(O)CC[C@@H](OCc3ccccc3)C[C@H]2CN(C)C)c1S. The van der Waals surface area contributed by atoms with Gasteiger partial charge in [0.05, 0.1) is 18.3 Å². The number of thiol groups is 1. The van der Waals surface area contributed by atoms with Crippen LogP contribution in [0.15, 0.2) is 53.4 Å². The smallest absolute Gasteiger partial charge is 0.0949 e. The van der Waals surface area contributed by atoms with Crippen molar-refractivity contribution in [3.8, 4) is 0 Å². The van der Waals surface area contributed by atoms with E-state index in [0.29, 0.717) is 13.0 Å². The molecule has 2 aromatic carbocycles. The molecule has 0 saturated heterocycles. The maximum atomic E-state index is 11.7. The van der Waals surface area contributed by atoms with Crippen molar-refractivity contribution in [3.63, 3.8) is 0 Å². The second-order valence-electron chi connectivity index (χ2n) is 8.05. The fourth-order valence-electron chi connectivity index (χ4n) is 4.18. The fourth-order valence-corrected chi connectivity index (χ4v) is 4.53. The molecule has 2 aromatic rings. The van der Waals surface area contributed by atoms with E-state index in [1.54, 1.807) is 0 Å². The largest absolute Gasteiger partial charge is 0.385 e. The van der Waals surface area contributed by atoms with Crippen molar-refractivity contribution in [1.82, 2.24) is 4.90 Å². The van der Waals surface area contributed by atoms with Gasteiger partial charge < -0.3 is 14.7 Å². The first-order chi connectivity index (χ1) is 12.9. The van der Waals surface area contributed by atoms with E-state index in [-0.39, 0.29) is 12.0 Å². The van der Waals surface area contributed by atoms with Gasteiger partial charge in [0.25, 0.3) is 0 Å². The van der Waals surface area contributed by atoms with Crippen molar-refractivity contribution in [2.45, 2.75) is 49.4 Å². The molecule has 0 amide bonds. The molecule has 3 nitrogen and oxygen atoms in total. The first-order valence-electron chi connectivity index (χ1n) is 9.72. The summed E-state index contributed by atoms with van der Waals surface area (Å²) < 4.78 is 6.22. The Hall–Kier alpha value is -1.33. The molecule has 1 saturated carbocycles. The lowest BCUT2D eigenvalue weighted by molar-refractivity contribution is -0.112. The number of aliphatic hydroxyl groups is 1. The van der Waals surface area contributed by atoms with Crippen LogP contribution in [-0.4, -0.2) is 36.8 Å². The lowest BCUT2D eigenvalue weighted by Gasteiger charge is -2.45. The highest BCUT2D eigenvalue weighted by molar-refractivity contribution is 7.80.